The average molecular weight is 404 g/mol. The highest BCUT2D eigenvalue weighted by atomic mass is 32.1. The molecule has 5 nitrogen and oxygen atoms in total. The highest BCUT2D eigenvalue weighted by Gasteiger charge is 2.19. The third kappa shape index (κ3) is 3.79. The number of amides is 1. The molecule has 2 heterocycles. The lowest BCUT2D eigenvalue weighted by atomic mass is 10.1. The number of carbonyl (C=O) groups excluding carboxylic acids is 1. The molecule has 6 heteroatoms. The quantitative estimate of drug-likeness (QED) is 0.489. The number of anilines is 1. The molecule has 4 rings (SSSR count). The van der Waals surface area contributed by atoms with E-state index in [-0.39, 0.29) is 11.9 Å². The van der Waals surface area contributed by atoms with Crippen LogP contribution in [-0.4, -0.2) is 18.0 Å². The Balaban J connectivity index is 1.62. The predicted molar refractivity (Wildman–Crippen MR) is 118 cm³/mol. The monoisotopic (exact) mass is 403 g/mol. The van der Waals surface area contributed by atoms with Gasteiger partial charge in [-0.3, -0.25) is 4.79 Å². The lowest BCUT2D eigenvalue weighted by Crippen LogP contribution is -2.26. The summed E-state index contributed by atoms with van der Waals surface area (Å²) in [4.78, 5) is 18.8. The molecule has 1 atom stereocenters. The first-order valence-electron chi connectivity index (χ1n) is 9.26. The molecule has 0 unspecified atom stereocenters. The van der Waals surface area contributed by atoms with Crippen LogP contribution in [0.3, 0.4) is 0 Å². The van der Waals surface area contributed by atoms with Crippen LogP contribution in [0.5, 0.6) is 5.75 Å². The molecule has 0 radical (unpaired) electrons. The van der Waals surface area contributed by atoms with Crippen LogP contribution < -0.4 is 15.8 Å². The number of nitrogens with zero attached hydrogens (tertiary/aromatic N) is 1. The van der Waals surface area contributed by atoms with Crippen LogP contribution in [0.15, 0.2) is 66.7 Å². The smallest absolute Gasteiger partial charge is 0.264 e. The highest BCUT2D eigenvalue weighted by molar-refractivity contribution is 7.21. The zero-order valence-electron chi connectivity index (χ0n) is 16.2. The first-order valence-corrected chi connectivity index (χ1v) is 10.1. The standard InChI is InChI=1S/C23H21N3O2S/c1-14(15-6-4-3-5-7-15)25-22(27)21-20(24)18-12-13-19(26-23(18)29-21)16-8-10-17(28-2)11-9-16/h3-14H,24H2,1-2H3,(H,25,27)/t14-/m0/s1. The molecule has 2 aromatic carbocycles. The summed E-state index contributed by atoms with van der Waals surface area (Å²) in [6, 6.07) is 21.3. The third-order valence-corrected chi connectivity index (χ3v) is 5.95. The van der Waals surface area contributed by atoms with E-state index < -0.39 is 0 Å². The normalized spacial score (nSPS) is 11.9. The number of thiophene rings is 1. The van der Waals surface area contributed by atoms with Gasteiger partial charge in [-0.1, -0.05) is 30.3 Å². The van der Waals surface area contributed by atoms with Gasteiger partial charge in [-0.25, -0.2) is 4.98 Å². The first kappa shape index (κ1) is 19.0. The molecule has 3 N–H and O–H groups in total. The number of rotatable bonds is 5. The minimum Gasteiger partial charge on any atom is -0.497 e. The molecule has 0 aliphatic heterocycles. The van der Waals surface area contributed by atoms with Crippen LogP contribution >= 0.6 is 11.3 Å². The second-order valence-electron chi connectivity index (χ2n) is 6.73. The molecule has 0 fully saturated rings. The molecule has 0 aliphatic rings. The van der Waals surface area contributed by atoms with E-state index >= 15 is 0 Å². The second kappa shape index (κ2) is 7.93. The molecular formula is C23H21N3O2S. The number of hydrogen-bond donors (Lipinski definition) is 2. The number of pyridine rings is 1. The maximum absolute atomic E-state index is 12.8. The largest absolute Gasteiger partial charge is 0.497 e. The Morgan fingerprint density at radius 1 is 1.07 bits per heavy atom. The van der Waals surface area contributed by atoms with Crippen molar-refractivity contribution in [2.45, 2.75) is 13.0 Å². The summed E-state index contributed by atoms with van der Waals surface area (Å²) in [6.07, 6.45) is 0. The second-order valence-corrected chi connectivity index (χ2v) is 7.73. The molecule has 1 amide bonds. The highest BCUT2D eigenvalue weighted by Crippen LogP contribution is 2.34. The fourth-order valence-electron chi connectivity index (χ4n) is 3.18. The Hall–Kier alpha value is -3.38. The number of nitrogens with two attached hydrogens (primary N) is 1. The van der Waals surface area contributed by atoms with Crippen LogP contribution in [-0.2, 0) is 0 Å². The Labute approximate surface area is 173 Å². The summed E-state index contributed by atoms with van der Waals surface area (Å²) in [5.74, 6) is 0.606. The molecule has 0 bridgehead atoms. The van der Waals surface area contributed by atoms with Gasteiger partial charge in [-0.15, -0.1) is 11.3 Å². The zero-order valence-corrected chi connectivity index (χ0v) is 17.0. The number of aromatic nitrogens is 1. The van der Waals surface area contributed by atoms with Crippen molar-refractivity contribution in [1.82, 2.24) is 10.3 Å². The first-order chi connectivity index (χ1) is 14.1. The molecule has 0 aliphatic carbocycles. The van der Waals surface area contributed by atoms with Crippen LogP contribution in [0.2, 0.25) is 0 Å². The minimum absolute atomic E-state index is 0.115. The third-order valence-electron chi connectivity index (χ3n) is 4.83. The lowest BCUT2D eigenvalue weighted by molar-refractivity contribution is 0.0945. The van der Waals surface area contributed by atoms with Crippen molar-refractivity contribution in [1.29, 1.82) is 0 Å². The summed E-state index contributed by atoms with van der Waals surface area (Å²) in [6.45, 7) is 1.96. The van der Waals surface area contributed by atoms with Crippen molar-refractivity contribution in [2.75, 3.05) is 12.8 Å². The van der Waals surface area contributed by atoms with E-state index in [0.717, 1.165) is 32.8 Å². The number of nitrogen functional groups attached to an aromatic ring is 1. The van der Waals surface area contributed by atoms with Gasteiger partial charge in [0.15, 0.2) is 0 Å². The van der Waals surface area contributed by atoms with E-state index in [1.807, 2.05) is 73.7 Å². The van der Waals surface area contributed by atoms with Crippen molar-refractivity contribution in [3.8, 4) is 17.0 Å². The van der Waals surface area contributed by atoms with Crippen molar-refractivity contribution in [2.24, 2.45) is 0 Å². The van der Waals surface area contributed by atoms with Gasteiger partial charge in [0.2, 0.25) is 0 Å². The fraction of sp³-hybridized carbons (Fsp3) is 0.130. The van der Waals surface area contributed by atoms with Gasteiger partial charge >= 0.3 is 0 Å². The molecule has 4 aromatic rings. The van der Waals surface area contributed by atoms with Crippen LogP contribution in [0, 0.1) is 0 Å². The maximum atomic E-state index is 12.8. The van der Waals surface area contributed by atoms with E-state index in [4.69, 9.17) is 15.5 Å². The summed E-state index contributed by atoms with van der Waals surface area (Å²) >= 11 is 1.31. The van der Waals surface area contributed by atoms with Crippen molar-refractivity contribution >= 4 is 33.1 Å². The fourth-order valence-corrected chi connectivity index (χ4v) is 4.17. The number of ether oxygens (including phenoxy) is 1. The SMILES string of the molecule is COc1ccc(-c2ccc3c(N)c(C(=O)N[C@@H](C)c4ccccc4)sc3n2)cc1. The summed E-state index contributed by atoms with van der Waals surface area (Å²) in [5.41, 5.74) is 9.59. The lowest BCUT2D eigenvalue weighted by Gasteiger charge is -2.13. The predicted octanol–water partition coefficient (Wildman–Crippen LogP) is 5.05. The maximum Gasteiger partial charge on any atom is 0.264 e. The van der Waals surface area contributed by atoms with Gasteiger partial charge in [0.1, 0.15) is 15.5 Å². The van der Waals surface area contributed by atoms with Crippen molar-refractivity contribution in [3.63, 3.8) is 0 Å². The van der Waals surface area contributed by atoms with Gasteiger partial charge in [0.25, 0.3) is 5.91 Å². The van der Waals surface area contributed by atoms with E-state index in [9.17, 15) is 4.79 Å². The Kier molecular flexibility index (Phi) is 5.18. The van der Waals surface area contributed by atoms with Gasteiger partial charge in [0.05, 0.1) is 24.5 Å². The molecule has 0 saturated carbocycles. The summed E-state index contributed by atoms with van der Waals surface area (Å²) < 4.78 is 5.20. The van der Waals surface area contributed by atoms with Gasteiger partial charge < -0.3 is 15.8 Å². The van der Waals surface area contributed by atoms with Crippen LogP contribution in [0.1, 0.15) is 28.2 Å². The van der Waals surface area contributed by atoms with E-state index in [2.05, 4.69) is 5.32 Å². The molecule has 0 spiro atoms. The van der Waals surface area contributed by atoms with Gasteiger partial charge in [-0.05, 0) is 48.9 Å². The Bertz CT molecular complexity index is 1150. The topological polar surface area (TPSA) is 77.2 Å². The molecule has 2 aromatic heterocycles. The number of hydrogen-bond acceptors (Lipinski definition) is 5. The minimum atomic E-state index is -0.187. The van der Waals surface area contributed by atoms with E-state index in [1.165, 1.54) is 11.3 Å². The number of methoxy groups -OCH3 is 1. The summed E-state index contributed by atoms with van der Waals surface area (Å²) in [7, 11) is 1.64. The number of benzene rings is 2. The van der Waals surface area contributed by atoms with Crippen LogP contribution in [0.4, 0.5) is 5.69 Å². The zero-order chi connectivity index (χ0) is 20.4. The molecular weight excluding hydrogens is 382 g/mol. The number of carbonyl (C=O) groups is 1. The Morgan fingerprint density at radius 3 is 2.48 bits per heavy atom. The van der Waals surface area contributed by atoms with E-state index in [0.29, 0.717) is 10.6 Å². The molecule has 0 saturated heterocycles. The molecule has 146 valence electrons. The van der Waals surface area contributed by atoms with Crippen molar-refractivity contribution in [3.05, 3.63) is 77.2 Å². The van der Waals surface area contributed by atoms with Crippen LogP contribution in [0.25, 0.3) is 21.5 Å². The van der Waals surface area contributed by atoms with Gasteiger partial charge in [-0.2, -0.15) is 0 Å². The van der Waals surface area contributed by atoms with E-state index in [1.54, 1.807) is 7.11 Å². The number of fused-ring (bicyclic) bond motifs is 1. The van der Waals surface area contributed by atoms with Crippen molar-refractivity contribution < 1.29 is 9.53 Å². The molecule has 29 heavy (non-hydrogen) atoms. The summed E-state index contributed by atoms with van der Waals surface area (Å²) in [5, 5.41) is 3.82. The van der Waals surface area contributed by atoms with Gasteiger partial charge in [0, 0.05) is 10.9 Å². The number of nitrogens with one attached hydrogen (secondary N) is 1. The Morgan fingerprint density at radius 2 is 1.79 bits per heavy atom. The average Bonchev–Trinajstić information content (AvgIpc) is 3.10.